The first-order chi connectivity index (χ1) is 11.2. The number of benzene rings is 1. The standard InChI is InChI=1S/C18H30N4O/c1-2-3-10-20-18(19)21-13-15-4-6-17(7-5-15)22-11-8-16(14-23)9-12-22/h4-7,16,23H,2-3,8-14H2,1H3,(H3,19,20,21). The van der Waals surface area contributed by atoms with E-state index in [1.54, 1.807) is 0 Å². The summed E-state index contributed by atoms with van der Waals surface area (Å²) in [5.41, 5.74) is 8.26. The maximum absolute atomic E-state index is 9.21. The van der Waals surface area contributed by atoms with Crippen LogP contribution in [0.5, 0.6) is 0 Å². The zero-order chi connectivity index (χ0) is 16.5. The number of rotatable bonds is 7. The summed E-state index contributed by atoms with van der Waals surface area (Å²) < 4.78 is 0. The molecule has 4 N–H and O–H groups in total. The lowest BCUT2D eigenvalue weighted by molar-refractivity contribution is 0.203. The molecule has 1 heterocycles. The van der Waals surface area contributed by atoms with Gasteiger partial charge in [-0.3, -0.25) is 0 Å². The molecule has 0 bridgehead atoms. The lowest BCUT2D eigenvalue weighted by atomic mass is 9.97. The minimum Gasteiger partial charge on any atom is -0.396 e. The number of hydrogen-bond donors (Lipinski definition) is 3. The molecule has 0 aromatic heterocycles. The van der Waals surface area contributed by atoms with Gasteiger partial charge in [0.05, 0.1) is 6.54 Å². The van der Waals surface area contributed by atoms with Gasteiger partial charge in [0.25, 0.3) is 0 Å². The fraction of sp³-hybridized carbons (Fsp3) is 0.611. The van der Waals surface area contributed by atoms with Crippen LogP contribution < -0.4 is 16.0 Å². The van der Waals surface area contributed by atoms with Crippen LogP contribution in [0.15, 0.2) is 29.3 Å². The van der Waals surface area contributed by atoms with Crippen LogP contribution in [0.3, 0.4) is 0 Å². The lowest BCUT2D eigenvalue weighted by Crippen LogP contribution is -2.34. The predicted octanol–water partition coefficient (Wildman–Crippen LogP) is 2.10. The monoisotopic (exact) mass is 318 g/mol. The third-order valence-corrected chi connectivity index (χ3v) is 4.44. The molecule has 2 rings (SSSR count). The number of nitrogens with two attached hydrogens (primary N) is 1. The second-order valence-corrected chi connectivity index (χ2v) is 6.26. The molecular weight excluding hydrogens is 288 g/mol. The van der Waals surface area contributed by atoms with Crippen molar-refractivity contribution in [3.05, 3.63) is 29.8 Å². The third kappa shape index (κ3) is 5.75. The fourth-order valence-corrected chi connectivity index (χ4v) is 2.81. The highest BCUT2D eigenvalue weighted by Gasteiger charge is 2.18. The van der Waals surface area contributed by atoms with Gasteiger partial charge in [-0.2, -0.15) is 0 Å². The first-order valence-electron chi connectivity index (χ1n) is 8.71. The van der Waals surface area contributed by atoms with Gasteiger partial charge < -0.3 is 21.1 Å². The summed E-state index contributed by atoms with van der Waals surface area (Å²) in [6, 6.07) is 8.56. The molecule has 0 aliphatic carbocycles. The summed E-state index contributed by atoms with van der Waals surface area (Å²) >= 11 is 0. The van der Waals surface area contributed by atoms with Crippen molar-refractivity contribution in [3.63, 3.8) is 0 Å². The highest BCUT2D eigenvalue weighted by atomic mass is 16.3. The van der Waals surface area contributed by atoms with Crippen molar-refractivity contribution in [3.8, 4) is 0 Å². The van der Waals surface area contributed by atoms with E-state index < -0.39 is 0 Å². The normalized spacial score (nSPS) is 16.6. The SMILES string of the molecule is CCCCNC(N)=NCc1ccc(N2CCC(CO)CC2)cc1. The van der Waals surface area contributed by atoms with Crippen molar-refractivity contribution in [2.24, 2.45) is 16.6 Å². The van der Waals surface area contributed by atoms with Crippen molar-refractivity contribution in [2.45, 2.75) is 39.2 Å². The number of nitrogens with zero attached hydrogens (tertiary/aromatic N) is 2. The molecule has 1 aromatic carbocycles. The lowest BCUT2D eigenvalue weighted by Gasteiger charge is -2.32. The average Bonchev–Trinajstić information content (AvgIpc) is 2.61. The molecule has 1 aliphatic heterocycles. The van der Waals surface area contributed by atoms with E-state index in [0.29, 0.717) is 25.0 Å². The van der Waals surface area contributed by atoms with Gasteiger partial charge in [-0.15, -0.1) is 0 Å². The smallest absolute Gasteiger partial charge is 0.188 e. The number of unbranched alkanes of at least 4 members (excludes halogenated alkanes) is 1. The first kappa shape index (κ1) is 17.6. The summed E-state index contributed by atoms with van der Waals surface area (Å²) in [5, 5.41) is 12.3. The molecule has 0 radical (unpaired) electrons. The molecule has 128 valence electrons. The van der Waals surface area contributed by atoms with E-state index in [4.69, 9.17) is 5.73 Å². The Morgan fingerprint density at radius 1 is 1.30 bits per heavy atom. The predicted molar refractivity (Wildman–Crippen MR) is 96.7 cm³/mol. The van der Waals surface area contributed by atoms with Gasteiger partial charge in [-0.05, 0) is 42.9 Å². The summed E-state index contributed by atoms with van der Waals surface area (Å²) in [7, 11) is 0. The Morgan fingerprint density at radius 3 is 2.61 bits per heavy atom. The van der Waals surface area contributed by atoms with Crippen LogP contribution in [0.4, 0.5) is 5.69 Å². The molecular formula is C18H30N4O. The molecule has 0 amide bonds. The molecule has 23 heavy (non-hydrogen) atoms. The van der Waals surface area contributed by atoms with Gasteiger partial charge in [0.15, 0.2) is 5.96 Å². The third-order valence-electron chi connectivity index (χ3n) is 4.44. The Labute approximate surface area is 139 Å². The topological polar surface area (TPSA) is 73.9 Å². The fourth-order valence-electron chi connectivity index (χ4n) is 2.81. The number of aliphatic hydroxyl groups is 1. The number of aliphatic hydroxyl groups excluding tert-OH is 1. The van der Waals surface area contributed by atoms with Crippen molar-refractivity contribution in [1.82, 2.24) is 5.32 Å². The van der Waals surface area contributed by atoms with Crippen LogP contribution in [0.1, 0.15) is 38.2 Å². The van der Waals surface area contributed by atoms with Gasteiger partial charge in [0.2, 0.25) is 0 Å². The summed E-state index contributed by atoms with van der Waals surface area (Å²) in [4.78, 5) is 6.76. The maximum Gasteiger partial charge on any atom is 0.188 e. The van der Waals surface area contributed by atoms with Gasteiger partial charge in [0, 0.05) is 31.9 Å². The quantitative estimate of drug-likeness (QED) is 0.409. The largest absolute Gasteiger partial charge is 0.396 e. The highest BCUT2D eigenvalue weighted by molar-refractivity contribution is 5.77. The number of nitrogens with one attached hydrogen (secondary N) is 1. The van der Waals surface area contributed by atoms with Crippen LogP contribution in [0.2, 0.25) is 0 Å². The molecule has 1 fully saturated rings. The summed E-state index contributed by atoms with van der Waals surface area (Å²) in [6.07, 6.45) is 4.40. The molecule has 1 saturated heterocycles. The van der Waals surface area contributed by atoms with Crippen molar-refractivity contribution in [1.29, 1.82) is 0 Å². The molecule has 5 heteroatoms. The Balaban J connectivity index is 1.81. The summed E-state index contributed by atoms with van der Waals surface area (Å²) in [6.45, 7) is 6.02. The highest BCUT2D eigenvalue weighted by Crippen LogP contribution is 2.23. The van der Waals surface area contributed by atoms with Crippen LogP contribution in [-0.2, 0) is 6.54 Å². The molecule has 1 aliphatic rings. The van der Waals surface area contributed by atoms with E-state index in [9.17, 15) is 5.11 Å². The zero-order valence-electron chi connectivity index (χ0n) is 14.2. The van der Waals surface area contributed by atoms with E-state index in [1.165, 1.54) is 11.3 Å². The van der Waals surface area contributed by atoms with E-state index in [1.807, 2.05) is 0 Å². The van der Waals surface area contributed by atoms with E-state index in [0.717, 1.165) is 45.3 Å². The van der Waals surface area contributed by atoms with Crippen LogP contribution in [0.25, 0.3) is 0 Å². The minimum atomic E-state index is 0.318. The van der Waals surface area contributed by atoms with Crippen LogP contribution in [0, 0.1) is 5.92 Å². The molecule has 0 unspecified atom stereocenters. The second kappa shape index (κ2) is 9.40. The van der Waals surface area contributed by atoms with E-state index in [-0.39, 0.29) is 0 Å². The number of hydrogen-bond acceptors (Lipinski definition) is 3. The first-order valence-corrected chi connectivity index (χ1v) is 8.71. The van der Waals surface area contributed by atoms with Crippen molar-refractivity contribution >= 4 is 11.6 Å². The summed E-state index contributed by atoms with van der Waals surface area (Å²) in [5.74, 6) is 0.997. The molecule has 0 spiro atoms. The molecule has 0 atom stereocenters. The Hall–Kier alpha value is -1.75. The second-order valence-electron chi connectivity index (χ2n) is 6.26. The Kier molecular flexibility index (Phi) is 7.20. The van der Waals surface area contributed by atoms with Crippen molar-refractivity contribution < 1.29 is 5.11 Å². The zero-order valence-corrected chi connectivity index (χ0v) is 14.2. The minimum absolute atomic E-state index is 0.318. The molecule has 0 saturated carbocycles. The molecule has 5 nitrogen and oxygen atoms in total. The number of anilines is 1. The maximum atomic E-state index is 9.21. The van der Waals surface area contributed by atoms with Crippen molar-refractivity contribution in [2.75, 3.05) is 31.1 Å². The number of piperidine rings is 1. The van der Waals surface area contributed by atoms with Crippen LogP contribution >= 0.6 is 0 Å². The van der Waals surface area contributed by atoms with Gasteiger partial charge in [-0.1, -0.05) is 25.5 Å². The van der Waals surface area contributed by atoms with Gasteiger partial charge >= 0.3 is 0 Å². The van der Waals surface area contributed by atoms with Crippen LogP contribution in [-0.4, -0.2) is 37.3 Å². The van der Waals surface area contributed by atoms with Gasteiger partial charge in [-0.25, -0.2) is 4.99 Å². The van der Waals surface area contributed by atoms with E-state index >= 15 is 0 Å². The Morgan fingerprint density at radius 2 is 2.00 bits per heavy atom. The van der Waals surface area contributed by atoms with Gasteiger partial charge in [0.1, 0.15) is 0 Å². The molecule has 1 aromatic rings. The number of aliphatic imine (C=N–C) groups is 1. The van der Waals surface area contributed by atoms with E-state index in [2.05, 4.69) is 46.4 Å². The average molecular weight is 318 g/mol. The number of guanidine groups is 1. The Bertz CT molecular complexity index is 478.